The Labute approximate surface area is 134 Å². The van der Waals surface area contributed by atoms with Crippen LogP contribution in [0.2, 0.25) is 10.0 Å². The fourth-order valence-electron chi connectivity index (χ4n) is 2.02. The number of hydrogen-bond donors (Lipinski definition) is 2. The molecule has 0 aromatic heterocycles. The van der Waals surface area contributed by atoms with E-state index in [4.69, 9.17) is 23.2 Å². The molecule has 2 aromatic carbocycles. The molecule has 0 radical (unpaired) electrons. The Morgan fingerprint density at radius 3 is 2.62 bits per heavy atom. The van der Waals surface area contributed by atoms with Gasteiger partial charge in [0.05, 0.1) is 16.3 Å². The number of para-hydroxylation sites is 1. The standard InChI is InChI=1S/C16H16Cl2N2O/c1-3-19-14-8-7-11(17)9-12(14)16(21)20-15-10(2)5-4-6-13(15)18/h4-9,19H,3H2,1-2H3,(H,20,21). The zero-order valence-electron chi connectivity index (χ0n) is 11.8. The molecule has 0 spiro atoms. The summed E-state index contributed by atoms with van der Waals surface area (Å²) in [6.07, 6.45) is 0. The van der Waals surface area contributed by atoms with E-state index in [0.29, 0.717) is 27.8 Å². The zero-order chi connectivity index (χ0) is 15.4. The number of rotatable bonds is 4. The molecule has 0 atom stereocenters. The highest BCUT2D eigenvalue weighted by Crippen LogP contribution is 2.27. The first-order valence-electron chi connectivity index (χ1n) is 6.62. The van der Waals surface area contributed by atoms with E-state index in [1.165, 1.54) is 0 Å². The number of carbonyl (C=O) groups excluding carboxylic acids is 1. The van der Waals surface area contributed by atoms with Crippen molar-refractivity contribution in [2.75, 3.05) is 17.2 Å². The minimum absolute atomic E-state index is 0.246. The predicted molar refractivity (Wildman–Crippen MR) is 89.8 cm³/mol. The minimum atomic E-state index is -0.246. The molecule has 0 unspecified atom stereocenters. The highest BCUT2D eigenvalue weighted by molar-refractivity contribution is 6.34. The fourth-order valence-corrected chi connectivity index (χ4v) is 2.46. The van der Waals surface area contributed by atoms with Crippen LogP contribution in [0.15, 0.2) is 36.4 Å². The summed E-state index contributed by atoms with van der Waals surface area (Å²) in [7, 11) is 0. The molecule has 110 valence electrons. The predicted octanol–water partition coefficient (Wildman–Crippen LogP) is 4.99. The van der Waals surface area contributed by atoms with Gasteiger partial charge in [0.15, 0.2) is 0 Å². The molecule has 21 heavy (non-hydrogen) atoms. The third-order valence-electron chi connectivity index (χ3n) is 3.05. The first kappa shape index (κ1) is 15.7. The van der Waals surface area contributed by atoms with Crippen molar-refractivity contribution in [3.8, 4) is 0 Å². The molecule has 0 aliphatic heterocycles. The van der Waals surface area contributed by atoms with Crippen LogP contribution in [0.5, 0.6) is 0 Å². The largest absolute Gasteiger partial charge is 0.385 e. The van der Waals surface area contributed by atoms with Crippen molar-refractivity contribution in [2.45, 2.75) is 13.8 Å². The molecular weight excluding hydrogens is 307 g/mol. The van der Waals surface area contributed by atoms with Gasteiger partial charge in [0.2, 0.25) is 0 Å². The Morgan fingerprint density at radius 1 is 1.19 bits per heavy atom. The maximum absolute atomic E-state index is 12.5. The van der Waals surface area contributed by atoms with E-state index in [9.17, 15) is 4.79 Å². The van der Waals surface area contributed by atoms with Crippen molar-refractivity contribution in [2.24, 2.45) is 0 Å². The second kappa shape index (κ2) is 6.83. The van der Waals surface area contributed by atoms with Crippen LogP contribution in [-0.4, -0.2) is 12.5 Å². The quantitative estimate of drug-likeness (QED) is 0.832. The number of nitrogens with one attached hydrogen (secondary N) is 2. The summed E-state index contributed by atoms with van der Waals surface area (Å²) in [6.45, 7) is 4.58. The van der Waals surface area contributed by atoms with Crippen molar-refractivity contribution in [1.29, 1.82) is 0 Å². The van der Waals surface area contributed by atoms with Gasteiger partial charge < -0.3 is 10.6 Å². The molecule has 2 aromatic rings. The second-order valence-corrected chi connectivity index (χ2v) is 5.45. The van der Waals surface area contributed by atoms with Gasteiger partial charge in [0.25, 0.3) is 5.91 Å². The molecular formula is C16H16Cl2N2O. The van der Waals surface area contributed by atoms with Crippen LogP contribution in [0.3, 0.4) is 0 Å². The summed E-state index contributed by atoms with van der Waals surface area (Å²) in [4.78, 5) is 12.5. The Balaban J connectivity index is 2.34. The lowest BCUT2D eigenvalue weighted by atomic mass is 10.1. The van der Waals surface area contributed by atoms with Crippen molar-refractivity contribution in [3.63, 3.8) is 0 Å². The lowest BCUT2D eigenvalue weighted by Gasteiger charge is -2.14. The summed E-state index contributed by atoms with van der Waals surface area (Å²) in [5, 5.41) is 7.02. The molecule has 0 heterocycles. The topological polar surface area (TPSA) is 41.1 Å². The Morgan fingerprint density at radius 2 is 1.95 bits per heavy atom. The van der Waals surface area contributed by atoms with E-state index in [0.717, 1.165) is 11.3 Å². The zero-order valence-corrected chi connectivity index (χ0v) is 13.3. The van der Waals surface area contributed by atoms with Crippen LogP contribution < -0.4 is 10.6 Å². The van der Waals surface area contributed by atoms with Gasteiger partial charge >= 0.3 is 0 Å². The van der Waals surface area contributed by atoms with Gasteiger partial charge in [0.1, 0.15) is 0 Å². The number of anilines is 2. The first-order chi connectivity index (χ1) is 10.0. The minimum Gasteiger partial charge on any atom is -0.385 e. The molecule has 0 aliphatic carbocycles. The number of amides is 1. The molecule has 0 aliphatic rings. The van der Waals surface area contributed by atoms with Crippen LogP contribution in [0.4, 0.5) is 11.4 Å². The Kier molecular flexibility index (Phi) is 5.10. The number of carbonyl (C=O) groups is 1. The van der Waals surface area contributed by atoms with Gasteiger partial charge in [-0.05, 0) is 43.7 Å². The van der Waals surface area contributed by atoms with Crippen molar-refractivity contribution in [1.82, 2.24) is 0 Å². The van der Waals surface area contributed by atoms with Gasteiger partial charge in [0, 0.05) is 17.3 Å². The molecule has 0 bridgehead atoms. The number of hydrogen-bond acceptors (Lipinski definition) is 2. The maximum Gasteiger partial charge on any atom is 0.257 e. The van der Waals surface area contributed by atoms with E-state index in [1.807, 2.05) is 26.0 Å². The Hall–Kier alpha value is -1.71. The first-order valence-corrected chi connectivity index (χ1v) is 7.38. The average Bonchev–Trinajstić information content (AvgIpc) is 2.45. The van der Waals surface area contributed by atoms with Gasteiger partial charge in [-0.15, -0.1) is 0 Å². The van der Waals surface area contributed by atoms with Crippen LogP contribution >= 0.6 is 23.2 Å². The van der Waals surface area contributed by atoms with Crippen LogP contribution in [0.1, 0.15) is 22.8 Å². The molecule has 0 saturated carbocycles. The van der Waals surface area contributed by atoms with Gasteiger partial charge in [-0.3, -0.25) is 4.79 Å². The van der Waals surface area contributed by atoms with Gasteiger partial charge in [-0.1, -0.05) is 35.3 Å². The van der Waals surface area contributed by atoms with E-state index in [2.05, 4.69) is 10.6 Å². The van der Waals surface area contributed by atoms with Crippen molar-refractivity contribution < 1.29 is 4.79 Å². The summed E-state index contributed by atoms with van der Waals surface area (Å²) >= 11 is 12.1. The number of benzene rings is 2. The number of halogens is 2. The van der Waals surface area contributed by atoms with Crippen LogP contribution in [-0.2, 0) is 0 Å². The molecule has 2 rings (SSSR count). The second-order valence-electron chi connectivity index (χ2n) is 4.61. The number of aryl methyl sites for hydroxylation is 1. The lowest BCUT2D eigenvalue weighted by Crippen LogP contribution is -2.15. The van der Waals surface area contributed by atoms with E-state index in [-0.39, 0.29) is 5.91 Å². The molecule has 1 amide bonds. The molecule has 0 fully saturated rings. The average molecular weight is 323 g/mol. The van der Waals surface area contributed by atoms with E-state index in [1.54, 1.807) is 24.3 Å². The SMILES string of the molecule is CCNc1ccc(Cl)cc1C(=O)Nc1c(C)cccc1Cl. The maximum atomic E-state index is 12.5. The van der Waals surface area contributed by atoms with Crippen LogP contribution in [0, 0.1) is 6.92 Å². The molecule has 2 N–H and O–H groups in total. The monoisotopic (exact) mass is 322 g/mol. The third-order valence-corrected chi connectivity index (χ3v) is 3.60. The van der Waals surface area contributed by atoms with Gasteiger partial charge in [-0.25, -0.2) is 0 Å². The summed E-state index contributed by atoms with van der Waals surface area (Å²) < 4.78 is 0. The highest BCUT2D eigenvalue weighted by Gasteiger charge is 2.14. The third kappa shape index (κ3) is 3.69. The van der Waals surface area contributed by atoms with Crippen LogP contribution in [0.25, 0.3) is 0 Å². The smallest absolute Gasteiger partial charge is 0.257 e. The van der Waals surface area contributed by atoms with E-state index < -0.39 is 0 Å². The lowest BCUT2D eigenvalue weighted by molar-refractivity contribution is 0.102. The summed E-state index contributed by atoms with van der Waals surface area (Å²) in [6, 6.07) is 10.7. The highest BCUT2D eigenvalue weighted by atomic mass is 35.5. The Bertz CT molecular complexity index is 651. The van der Waals surface area contributed by atoms with Gasteiger partial charge in [-0.2, -0.15) is 0 Å². The summed E-state index contributed by atoms with van der Waals surface area (Å²) in [5.41, 5.74) is 2.75. The van der Waals surface area contributed by atoms with Crippen molar-refractivity contribution in [3.05, 3.63) is 57.6 Å². The normalized spacial score (nSPS) is 10.3. The van der Waals surface area contributed by atoms with E-state index >= 15 is 0 Å². The molecule has 0 saturated heterocycles. The summed E-state index contributed by atoms with van der Waals surface area (Å²) in [5.74, 6) is -0.246. The molecule has 5 heteroatoms. The fraction of sp³-hybridized carbons (Fsp3) is 0.188. The molecule has 3 nitrogen and oxygen atoms in total. The van der Waals surface area contributed by atoms with Crippen molar-refractivity contribution >= 4 is 40.5 Å².